The van der Waals surface area contributed by atoms with Crippen molar-refractivity contribution >= 4 is 5.97 Å². The molecule has 1 saturated heterocycles. The summed E-state index contributed by atoms with van der Waals surface area (Å²) in [6.07, 6.45) is 4.31. The second-order valence-corrected chi connectivity index (χ2v) is 5.20. The van der Waals surface area contributed by atoms with Crippen LogP contribution in [0, 0.1) is 0 Å². The van der Waals surface area contributed by atoms with E-state index in [2.05, 4.69) is 6.92 Å². The highest BCUT2D eigenvalue weighted by molar-refractivity contribution is 5.74. The van der Waals surface area contributed by atoms with Crippen LogP contribution >= 0.6 is 0 Å². The van der Waals surface area contributed by atoms with Crippen molar-refractivity contribution in [2.24, 2.45) is 0 Å². The number of hydrogen-bond acceptors (Lipinski definition) is 4. The van der Waals surface area contributed by atoms with E-state index in [0.29, 0.717) is 19.5 Å². The third kappa shape index (κ3) is 4.92. The van der Waals surface area contributed by atoms with Gasteiger partial charge < -0.3 is 15.3 Å². The van der Waals surface area contributed by atoms with Crippen LogP contribution in [0.2, 0.25) is 0 Å². The molecule has 3 N–H and O–H groups in total. The van der Waals surface area contributed by atoms with Crippen LogP contribution in [0.5, 0.6) is 0 Å². The topological polar surface area (TPSA) is 81.0 Å². The number of unbranched alkanes of at least 4 members (excludes halogenated alkanes) is 3. The van der Waals surface area contributed by atoms with Crippen molar-refractivity contribution in [1.29, 1.82) is 0 Å². The van der Waals surface area contributed by atoms with Crippen LogP contribution in [0.3, 0.4) is 0 Å². The van der Waals surface area contributed by atoms with Gasteiger partial charge in [0.2, 0.25) is 0 Å². The number of rotatable bonds is 8. The molecule has 1 rings (SSSR count). The SMILES string of the molecule is CCCCCCC(O)CN1CC(O)CC1C(=O)O. The van der Waals surface area contributed by atoms with Crippen molar-refractivity contribution in [3.8, 4) is 0 Å². The van der Waals surface area contributed by atoms with Gasteiger partial charge in [-0.2, -0.15) is 0 Å². The Morgan fingerprint density at radius 1 is 1.39 bits per heavy atom. The summed E-state index contributed by atoms with van der Waals surface area (Å²) in [5.41, 5.74) is 0. The second kappa shape index (κ2) is 7.71. The molecule has 5 nitrogen and oxygen atoms in total. The fourth-order valence-electron chi connectivity index (χ4n) is 2.51. The van der Waals surface area contributed by atoms with E-state index in [1.165, 1.54) is 6.42 Å². The fraction of sp³-hybridized carbons (Fsp3) is 0.923. The molecule has 0 aromatic carbocycles. The van der Waals surface area contributed by atoms with Crippen molar-refractivity contribution in [1.82, 2.24) is 4.90 Å². The molecule has 3 atom stereocenters. The van der Waals surface area contributed by atoms with Crippen molar-refractivity contribution < 1.29 is 20.1 Å². The number of nitrogens with zero attached hydrogens (tertiary/aromatic N) is 1. The van der Waals surface area contributed by atoms with Crippen LogP contribution < -0.4 is 0 Å². The summed E-state index contributed by atoms with van der Waals surface area (Å²) in [6.45, 7) is 2.84. The number of aliphatic hydroxyl groups excluding tert-OH is 2. The molecule has 18 heavy (non-hydrogen) atoms. The van der Waals surface area contributed by atoms with Crippen LogP contribution in [0.4, 0.5) is 0 Å². The highest BCUT2D eigenvalue weighted by Gasteiger charge is 2.36. The lowest BCUT2D eigenvalue weighted by Crippen LogP contribution is -2.40. The Kier molecular flexibility index (Phi) is 6.60. The molecule has 0 bridgehead atoms. The number of hydrogen-bond donors (Lipinski definition) is 3. The Bertz CT molecular complexity index is 259. The van der Waals surface area contributed by atoms with E-state index in [1.54, 1.807) is 4.90 Å². The lowest BCUT2D eigenvalue weighted by atomic mass is 10.1. The number of aliphatic hydroxyl groups is 2. The molecule has 1 fully saturated rings. The Morgan fingerprint density at radius 3 is 2.72 bits per heavy atom. The zero-order valence-corrected chi connectivity index (χ0v) is 11.1. The summed E-state index contributed by atoms with van der Waals surface area (Å²) >= 11 is 0. The average Bonchev–Trinajstić information content (AvgIpc) is 2.66. The van der Waals surface area contributed by atoms with Crippen LogP contribution in [0.25, 0.3) is 0 Å². The lowest BCUT2D eigenvalue weighted by Gasteiger charge is -2.23. The summed E-state index contributed by atoms with van der Waals surface area (Å²) < 4.78 is 0. The van der Waals surface area contributed by atoms with E-state index < -0.39 is 24.2 Å². The third-order valence-corrected chi connectivity index (χ3v) is 3.50. The van der Waals surface area contributed by atoms with Gasteiger partial charge in [0.05, 0.1) is 12.2 Å². The first-order valence-corrected chi connectivity index (χ1v) is 6.87. The monoisotopic (exact) mass is 259 g/mol. The maximum absolute atomic E-state index is 11.0. The third-order valence-electron chi connectivity index (χ3n) is 3.50. The molecule has 0 radical (unpaired) electrons. The molecule has 5 heteroatoms. The number of carbonyl (C=O) groups is 1. The lowest BCUT2D eigenvalue weighted by molar-refractivity contribution is -0.142. The Morgan fingerprint density at radius 2 is 2.11 bits per heavy atom. The van der Waals surface area contributed by atoms with Crippen LogP contribution in [-0.2, 0) is 4.79 Å². The fourth-order valence-corrected chi connectivity index (χ4v) is 2.51. The van der Waals surface area contributed by atoms with Gasteiger partial charge in [-0.25, -0.2) is 0 Å². The van der Waals surface area contributed by atoms with Gasteiger partial charge in [-0.1, -0.05) is 32.6 Å². The highest BCUT2D eigenvalue weighted by Crippen LogP contribution is 2.19. The molecule has 106 valence electrons. The molecule has 3 unspecified atom stereocenters. The predicted molar refractivity (Wildman–Crippen MR) is 68.4 cm³/mol. The summed E-state index contributed by atoms with van der Waals surface area (Å²) in [6, 6.07) is -0.648. The number of likely N-dealkylation sites (tertiary alicyclic amines) is 1. The number of aliphatic carboxylic acids is 1. The Labute approximate surface area is 108 Å². The molecule has 0 saturated carbocycles. The number of carboxylic acid groups (broad SMARTS) is 1. The Hall–Kier alpha value is -0.650. The van der Waals surface area contributed by atoms with Crippen LogP contribution in [0.1, 0.15) is 45.4 Å². The van der Waals surface area contributed by atoms with Gasteiger partial charge in [-0.3, -0.25) is 9.69 Å². The van der Waals surface area contributed by atoms with E-state index in [-0.39, 0.29) is 6.42 Å². The largest absolute Gasteiger partial charge is 0.480 e. The molecular weight excluding hydrogens is 234 g/mol. The Balaban J connectivity index is 2.29. The van der Waals surface area contributed by atoms with E-state index in [0.717, 1.165) is 19.3 Å². The van der Waals surface area contributed by atoms with Gasteiger partial charge in [0.25, 0.3) is 0 Å². The van der Waals surface area contributed by atoms with E-state index in [1.807, 2.05) is 0 Å². The van der Waals surface area contributed by atoms with Gasteiger partial charge in [0, 0.05) is 19.5 Å². The van der Waals surface area contributed by atoms with Crippen molar-refractivity contribution in [2.75, 3.05) is 13.1 Å². The molecule has 1 heterocycles. The molecule has 0 aliphatic carbocycles. The molecule has 1 aliphatic rings. The van der Waals surface area contributed by atoms with E-state index in [4.69, 9.17) is 5.11 Å². The summed E-state index contributed by atoms with van der Waals surface area (Å²) in [5, 5.41) is 28.4. The summed E-state index contributed by atoms with van der Waals surface area (Å²) in [4.78, 5) is 12.7. The predicted octanol–water partition coefficient (Wildman–Crippen LogP) is 0.837. The first kappa shape index (κ1) is 15.4. The van der Waals surface area contributed by atoms with Gasteiger partial charge in [0.1, 0.15) is 6.04 Å². The maximum Gasteiger partial charge on any atom is 0.321 e. The number of β-amino-alcohol motifs (C(OH)–C–C–N with tert-alkyl or cyclic N) is 2. The highest BCUT2D eigenvalue weighted by atomic mass is 16.4. The molecule has 0 aromatic heterocycles. The maximum atomic E-state index is 11.0. The first-order valence-electron chi connectivity index (χ1n) is 6.87. The first-order chi connectivity index (χ1) is 8.54. The van der Waals surface area contributed by atoms with Crippen LogP contribution in [0.15, 0.2) is 0 Å². The van der Waals surface area contributed by atoms with Crippen molar-refractivity contribution in [3.05, 3.63) is 0 Å². The van der Waals surface area contributed by atoms with Crippen molar-refractivity contribution in [2.45, 2.75) is 63.7 Å². The van der Waals surface area contributed by atoms with Crippen molar-refractivity contribution in [3.63, 3.8) is 0 Å². The van der Waals surface area contributed by atoms with Gasteiger partial charge in [0.15, 0.2) is 0 Å². The zero-order valence-electron chi connectivity index (χ0n) is 11.1. The minimum atomic E-state index is -0.912. The second-order valence-electron chi connectivity index (χ2n) is 5.20. The zero-order chi connectivity index (χ0) is 13.5. The smallest absolute Gasteiger partial charge is 0.321 e. The standard InChI is InChI=1S/C13H25NO4/c1-2-3-4-5-6-10(15)8-14-9-11(16)7-12(14)13(17)18/h10-12,15-16H,2-9H2,1H3,(H,17,18). The molecular formula is C13H25NO4. The van der Waals surface area contributed by atoms with Gasteiger partial charge in [-0.05, 0) is 6.42 Å². The molecule has 0 amide bonds. The average molecular weight is 259 g/mol. The summed E-state index contributed by atoms with van der Waals surface area (Å²) in [7, 11) is 0. The minimum absolute atomic E-state index is 0.262. The molecule has 0 aromatic rings. The van der Waals surface area contributed by atoms with E-state index >= 15 is 0 Å². The number of carboxylic acids is 1. The quantitative estimate of drug-likeness (QED) is 0.563. The minimum Gasteiger partial charge on any atom is -0.480 e. The summed E-state index contributed by atoms with van der Waals surface area (Å²) in [5.74, 6) is -0.912. The van der Waals surface area contributed by atoms with Gasteiger partial charge in [-0.15, -0.1) is 0 Å². The van der Waals surface area contributed by atoms with Crippen LogP contribution in [-0.4, -0.2) is 57.5 Å². The molecule has 0 spiro atoms. The van der Waals surface area contributed by atoms with E-state index in [9.17, 15) is 15.0 Å². The normalized spacial score (nSPS) is 26.4. The molecule has 1 aliphatic heterocycles. The van der Waals surface area contributed by atoms with Gasteiger partial charge >= 0.3 is 5.97 Å².